The highest BCUT2D eigenvalue weighted by molar-refractivity contribution is 6.31. The van der Waals surface area contributed by atoms with E-state index < -0.39 is 29.4 Å². The Bertz CT molecular complexity index is 2380. The smallest absolute Gasteiger partial charge is 0.154 e. The minimum Gasteiger partial charge on any atom is -0.383 e. The summed E-state index contributed by atoms with van der Waals surface area (Å²) in [6.45, 7) is 0. The normalized spacial score (nSPS) is 11.6. The van der Waals surface area contributed by atoms with Crippen LogP contribution in [0.1, 0.15) is 27.6 Å². The van der Waals surface area contributed by atoms with Gasteiger partial charge in [0.15, 0.2) is 6.29 Å². The number of hydrogen-bond donors (Lipinski definition) is 1. The average molecular weight is 745 g/mol. The van der Waals surface area contributed by atoms with E-state index in [0.717, 1.165) is 35.4 Å². The van der Waals surface area contributed by atoms with Crippen LogP contribution in [0, 0.1) is 23.3 Å². The molecule has 0 saturated heterocycles. The lowest BCUT2D eigenvalue weighted by Crippen LogP contribution is -2.04. The van der Waals surface area contributed by atoms with Gasteiger partial charge in [0.1, 0.15) is 40.8 Å². The van der Waals surface area contributed by atoms with Gasteiger partial charge in [-0.15, -0.1) is 0 Å². The van der Waals surface area contributed by atoms with Crippen molar-refractivity contribution < 1.29 is 27.5 Å². The third-order valence-corrected chi connectivity index (χ3v) is 8.67. The van der Waals surface area contributed by atoms with Crippen molar-refractivity contribution in [2.24, 2.45) is 14.1 Å². The fourth-order valence-electron chi connectivity index (χ4n) is 5.82. The van der Waals surface area contributed by atoms with Gasteiger partial charge in [-0.05, 0) is 54.6 Å². The Morgan fingerprint density at radius 2 is 1.19 bits per heavy atom. The van der Waals surface area contributed by atoms with Crippen LogP contribution in [0.4, 0.5) is 17.6 Å². The summed E-state index contributed by atoms with van der Waals surface area (Å²) in [6, 6.07) is 23.8. The van der Waals surface area contributed by atoms with Crippen LogP contribution in [0.3, 0.4) is 0 Å². The largest absolute Gasteiger partial charge is 0.383 e. The second-order valence-corrected chi connectivity index (χ2v) is 12.4. The molecule has 0 aliphatic carbocycles. The van der Waals surface area contributed by atoms with E-state index in [-0.39, 0.29) is 28.1 Å². The van der Waals surface area contributed by atoms with Crippen LogP contribution in [0.25, 0.3) is 45.0 Å². The van der Waals surface area contributed by atoms with Gasteiger partial charge in [0.2, 0.25) is 0 Å². The number of nitrogens with zero attached hydrogens (tertiary/aromatic N) is 5. The molecule has 1 atom stereocenters. The number of hydrogen-bond acceptors (Lipinski definition) is 5. The van der Waals surface area contributed by atoms with Gasteiger partial charge in [-0.2, -0.15) is 10.2 Å². The monoisotopic (exact) mass is 743 g/mol. The topological polar surface area (TPSA) is 85.8 Å². The molecular weight excluding hydrogens is 717 g/mol. The average Bonchev–Trinajstić information content (AvgIpc) is 3.65. The standard InChI is InChI=1S/C22H16ClF2N3O.C17H11ClF2N2O/c1-28-21(13-4-6-15(23)7-5-13)19(22(29)14-3-2-10-26-12-14)20(27-28)17-9-8-16(24)11-18(17)25;1-22-17(10-2-4-11(18)5-3-10)14(9-23)16(21-22)13-7-6-12(19)8-15(13)20/h2-12,22,29H,1H3;2-9H,1H3. The Morgan fingerprint density at radius 3 is 1.69 bits per heavy atom. The number of pyridine rings is 1. The first kappa shape index (κ1) is 36.2. The fourth-order valence-corrected chi connectivity index (χ4v) is 6.07. The van der Waals surface area contributed by atoms with Crippen molar-refractivity contribution in [3.63, 3.8) is 0 Å². The van der Waals surface area contributed by atoms with Crippen LogP contribution in [0.5, 0.6) is 0 Å². The Kier molecular flexibility index (Phi) is 10.7. The SMILES string of the molecule is Cn1nc(-c2ccc(F)cc2F)c(C(O)c2cccnc2)c1-c1ccc(Cl)cc1.Cn1nc(-c2ccc(F)cc2F)c(C=O)c1-c1ccc(Cl)cc1. The van der Waals surface area contributed by atoms with Crippen molar-refractivity contribution in [2.45, 2.75) is 6.10 Å². The molecule has 0 amide bonds. The van der Waals surface area contributed by atoms with Crippen LogP contribution in [0.15, 0.2) is 109 Å². The summed E-state index contributed by atoms with van der Waals surface area (Å²) in [4.78, 5) is 15.6. The van der Waals surface area contributed by atoms with Crippen molar-refractivity contribution in [3.8, 4) is 45.0 Å². The van der Waals surface area contributed by atoms with E-state index in [9.17, 15) is 27.5 Å². The molecule has 0 aliphatic heterocycles. The number of carbonyl (C=O) groups excluding carboxylic acids is 1. The molecule has 262 valence electrons. The minimum absolute atomic E-state index is 0.0734. The first-order valence-corrected chi connectivity index (χ1v) is 16.3. The minimum atomic E-state index is -1.12. The van der Waals surface area contributed by atoms with Gasteiger partial charge in [0, 0.05) is 82.0 Å². The predicted molar refractivity (Wildman–Crippen MR) is 192 cm³/mol. The van der Waals surface area contributed by atoms with Gasteiger partial charge < -0.3 is 5.11 Å². The summed E-state index contributed by atoms with van der Waals surface area (Å²) >= 11 is 11.9. The molecule has 0 saturated carbocycles. The Morgan fingerprint density at radius 1 is 0.692 bits per heavy atom. The van der Waals surface area contributed by atoms with Gasteiger partial charge in [-0.1, -0.05) is 53.5 Å². The lowest BCUT2D eigenvalue weighted by Gasteiger charge is -2.15. The van der Waals surface area contributed by atoms with Crippen molar-refractivity contribution in [1.29, 1.82) is 0 Å². The highest BCUT2D eigenvalue weighted by atomic mass is 35.5. The van der Waals surface area contributed by atoms with Gasteiger partial charge in [-0.25, -0.2) is 17.6 Å². The molecule has 7 nitrogen and oxygen atoms in total. The zero-order valence-corrected chi connectivity index (χ0v) is 28.9. The fraction of sp³-hybridized carbons (Fsp3) is 0.0769. The molecule has 3 heterocycles. The molecule has 7 aromatic rings. The van der Waals surface area contributed by atoms with Gasteiger partial charge in [-0.3, -0.25) is 19.1 Å². The van der Waals surface area contributed by atoms with Gasteiger partial charge >= 0.3 is 0 Å². The number of aldehydes is 1. The number of rotatable bonds is 7. The second kappa shape index (κ2) is 15.3. The molecule has 0 radical (unpaired) electrons. The number of carbonyl (C=O) groups is 1. The molecular formula is C39H27Cl2F4N5O2. The highest BCUT2D eigenvalue weighted by Crippen LogP contribution is 2.40. The van der Waals surface area contributed by atoms with Crippen LogP contribution < -0.4 is 0 Å². The van der Waals surface area contributed by atoms with E-state index in [2.05, 4.69) is 15.2 Å². The third-order valence-electron chi connectivity index (χ3n) is 8.17. The summed E-state index contributed by atoms with van der Waals surface area (Å²) in [5.41, 5.74) is 4.33. The highest BCUT2D eigenvalue weighted by Gasteiger charge is 2.28. The molecule has 0 fully saturated rings. The Labute approximate surface area is 305 Å². The molecule has 1 unspecified atom stereocenters. The first-order valence-electron chi connectivity index (χ1n) is 15.6. The summed E-state index contributed by atoms with van der Waals surface area (Å²) in [7, 11) is 3.36. The maximum absolute atomic E-state index is 14.6. The molecule has 13 heteroatoms. The molecule has 1 N–H and O–H groups in total. The second-order valence-electron chi connectivity index (χ2n) is 11.5. The number of aryl methyl sites for hydroxylation is 2. The van der Waals surface area contributed by atoms with Crippen molar-refractivity contribution in [3.05, 3.63) is 159 Å². The maximum Gasteiger partial charge on any atom is 0.154 e. The molecule has 0 spiro atoms. The first-order chi connectivity index (χ1) is 25.0. The van der Waals surface area contributed by atoms with E-state index in [0.29, 0.717) is 38.8 Å². The van der Waals surface area contributed by atoms with Crippen LogP contribution >= 0.6 is 23.2 Å². The van der Waals surface area contributed by atoms with Gasteiger partial charge in [0.25, 0.3) is 0 Å². The number of aliphatic hydroxyl groups excluding tert-OH is 1. The summed E-state index contributed by atoms with van der Waals surface area (Å²) in [6.07, 6.45) is 2.63. The van der Waals surface area contributed by atoms with Crippen LogP contribution in [0.2, 0.25) is 10.0 Å². The summed E-state index contributed by atoms with van der Waals surface area (Å²) in [5, 5.41) is 21.0. The lowest BCUT2D eigenvalue weighted by atomic mass is 9.94. The van der Waals surface area contributed by atoms with Gasteiger partial charge in [0.05, 0.1) is 17.0 Å². The maximum atomic E-state index is 14.6. The molecule has 0 bridgehead atoms. The van der Waals surface area contributed by atoms with Crippen LogP contribution in [-0.4, -0.2) is 35.9 Å². The zero-order chi connectivity index (χ0) is 37.1. The number of benzene rings is 4. The molecule has 3 aromatic heterocycles. The lowest BCUT2D eigenvalue weighted by molar-refractivity contribution is 0.112. The number of aliphatic hydroxyl groups is 1. The van der Waals surface area contributed by atoms with E-state index in [4.69, 9.17) is 23.2 Å². The quantitative estimate of drug-likeness (QED) is 0.130. The van der Waals surface area contributed by atoms with E-state index in [1.165, 1.54) is 23.0 Å². The zero-order valence-electron chi connectivity index (χ0n) is 27.4. The van der Waals surface area contributed by atoms with Crippen molar-refractivity contribution >= 4 is 29.5 Å². The predicted octanol–water partition coefficient (Wildman–Crippen LogP) is 9.66. The van der Waals surface area contributed by atoms with E-state index in [1.54, 1.807) is 85.6 Å². The summed E-state index contributed by atoms with van der Waals surface area (Å²) in [5.74, 6) is -2.90. The molecule has 4 aromatic carbocycles. The van der Waals surface area contributed by atoms with E-state index in [1.807, 2.05) is 0 Å². The van der Waals surface area contributed by atoms with Crippen molar-refractivity contribution in [1.82, 2.24) is 24.5 Å². The molecule has 52 heavy (non-hydrogen) atoms. The van der Waals surface area contributed by atoms with Crippen molar-refractivity contribution in [2.75, 3.05) is 0 Å². The third kappa shape index (κ3) is 7.38. The Balaban J connectivity index is 0.000000183. The summed E-state index contributed by atoms with van der Waals surface area (Å²) < 4.78 is 58.2. The van der Waals surface area contributed by atoms with E-state index >= 15 is 0 Å². The number of halogens is 6. The molecule has 0 aliphatic rings. The Hall–Kier alpha value is -5.62. The number of aromatic nitrogens is 5. The van der Waals surface area contributed by atoms with Crippen LogP contribution in [-0.2, 0) is 14.1 Å². The molecule has 7 rings (SSSR count).